The molecule has 0 bridgehead atoms. The molecular formula is C13H26O3. The Kier molecular flexibility index (Phi) is 7.60. The summed E-state index contributed by atoms with van der Waals surface area (Å²) in [6, 6.07) is 0. The van der Waals surface area contributed by atoms with Crippen LogP contribution in [-0.2, 0) is 14.3 Å². The van der Waals surface area contributed by atoms with E-state index < -0.39 is 0 Å². The third-order valence-electron chi connectivity index (χ3n) is 2.28. The Morgan fingerprint density at radius 2 is 1.62 bits per heavy atom. The molecule has 3 heteroatoms. The SMILES string of the molecule is CC(C)CCOCCOCC(=O)C(C)(C)C. The maximum atomic E-state index is 11.5. The monoisotopic (exact) mass is 230 g/mol. The average Bonchev–Trinajstić information content (AvgIpc) is 2.14. The van der Waals surface area contributed by atoms with Crippen molar-refractivity contribution in [2.75, 3.05) is 26.4 Å². The van der Waals surface area contributed by atoms with Crippen LogP contribution in [-0.4, -0.2) is 32.2 Å². The zero-order valence-electron chi connectivity index (χ0n) is 11.3. The van der Waals surface area contributed by atoms with Crippen LogP contribution in [0, 0.1) is 11.3 Å². The summed E-state index contributed by atoms with van der Waals surface area (Å²) in [7, 11) is 0. The van der Waals surface area contributed by atoms with Crippen molar-refractivity contribution in [1.82, 2.24) is 0 Å². The zero-order chi connectivity index (χ0) is 12.6. The first-order chi connectivity index (χ1) is 7.34. The highest BCUT2D eigenvalue weighted by atomic mass is 16.5. The molecule has 0 atom stereocenters. The lowest BCUT2D eigenvalue weighted by atomic mass is 9.91. The lowest BCUT2D eigenvalue weighted by Gasteiger charge is -2.16. The molecule has 0 amide bonds. The summed E-state index contributed by atoms with van der Waals surface area (Å²) >= 11 is 0. The number of Topliss-reactive ketones (excluding diaryl/α,β-unsaturated/α-hetero) is 1. The second-order valence-corrected chi connectivity index (χ2v) is 5.52. The van der Waals surface area contributed by atoms with Crippen molar-refractivity contribution in [3.8, 4) is 0 Å². The molecule has 0 unspecified atom stereocenters. The maximum Gasteiger partial charge on any atom is 0.163 e. The number of hydrogen-bond donors (Lipinski definition) is 0. The van der Waals surface area contributed by atoms with Gasteiger partial charge in [0.1, 0.15) is 6.61 Å². The highest BCUT2D eigenvalue weighted by Crippen LogP contribution is 2.14. The van der Waals surface area contributed by atoms with Crippen LogP contribution in [0.2, 0.25) is 0 Å². The number of rotatable bonds is 8. The maximum absolute atomic E-state index is 11.5. The van der Waals surface area contributed by atoms with E-state index in [2.05, 4.69) is 13.8 Å². The highest BCUT2D eigenvalue weighted by Gasteiger charge is 2.20. The molecule has 0 aliphatic carbocycles. The lowest BCUT2D eigenvalue weighted by molar-refractivity contribution is -0.131. The van der Waals surface area contributed by atoms with Gasteiger partial charge in [-0.3, -0.25) is 4.79 Å². The van der Waals surface area contributed by atoms with E-state index >= 15 is 0 Å². The molecule has 0 fully saturated rings. The molecule has 0 radical (unpaired) electrons. The van der Waals surface area contributed by atoms with Crippen LogP contribution in [0.15, 0.2) is 0 Å². The van der Waals surface area contributed by atoms with Crippen LogP contribution in [0.1, 0.15) is 41.0 Å². The zero-order valence-corrected chi connectivity index (χ0v) is 11.3. The van der Waals surface area contributed by atoms with E-state index in [1.807, 2.05) is 20.8 Å². The molecular weight excluding hydrogens is 204 g/mol. The van der Waals surface area contributed by atoms with Crippen molar-refractivity contribution < 1.29 is 14.3 Å². The van der Waals surface area contributed by atoms with E-state index in [9.17, 15) is 4.79 Å². The van der Waals surface area contributed by atoms with E-state index in [4.69, 9.17) is 9.47 Å². The molecule has 96 valence electrons. The van der Waals surface area contributed by atoms with Crippen LogP contribution in [0.25, 0.3) is 0 Å². The summed E-state index contributed by atoms with van der Waals surface area (Å²) < 4.78 is 10.6. The summed E-state index contributed by atoms with van der Waals surface area (Å²) in [6.07, 6.45) is 1.07. The van der Waals surface area contributed by atoms with Gasteiger partial charge in [0, 0.05) is 12.0 Å². The van der Waals surface area contributed by atoms with E-state index in [1.54, 1.807) is 0 Å². The summed E-state index contributed by atoms with van der Waals surface area (Å²) in [5, 5.41) is 0. The smallest absolute Gasteiger partial charge is 0.163 e. The molecule has 0 rings (SSSR count). The van der Waals surface area contributed by atoms with E-state index in [1.165, 1.54) is 0 Å². The van der Waals surface area contributed by atoms with Gasteiger partial charge < -0.3 is 9.47 Å². The normalized spacial score (nSPS) is 12.1. The van der Waals surface area contributed by atoms with Gasteiger partial charge in [0.15, 0.2) is 5.78 Å². The Labute approximate surface area is 99.5 Å². The quantitative estimate of drug-likeness (QED) is 0.601. The van der Waals surface area contributed by atoms with Gasteiger partial charge in [-0.1, -0.05) is 34.6 Å². The molecule has 0 aromatic carbocycles. The molecule has 0 aliphatic heterocycles. The first kappa shape index (κ1) is 15.6. The molecule has 0 aromatic heterocycles. The van der Waals surface area contributed by atoms with Gasteiger partial charge >= 0.3 is 0 Å². The van der Waals surface area contributed by atoms with Crippen molar-refractivity contribution in [1.29, 1.82) is 0 Å². The summed E-state index contributed by atoms with van der Waals surface area (Å²) in [5.74, 6) is 0.804. The van der Waals surface area contributed by atoms with E-state index in [0.29, 0.717) is 19.1 Å². The van der Waals surface area contributed by atoms with Crippen molar-refractivity contribution >= 4 is 5.78 Å². The summed E-state index contributed by atoms with van der Waals surface area (Å²) in [5.41, 5.74) is -0.307. The van der Waals surface area contributed by atoms with Gasteiger partial charge in [0.25, 0.3) is 0 Å². The van der Waals surface area contributed by atoms with Crippen LogP contribution in [0.4, 0.5) is 0 Å². The van der Waals surface area contributed by atoms with Crippen molar-refractivity contribution in [2.45, 2.75) is 41.0 Å². The second-order valence-electron chi connectivity index (χ2n) is 5.52. The highest BCUT2D eigenvalue weighted by molar-refractivity contribution is 5.84. The van der Waals surface area contributed by atoms with Crippen molar-refractivity contribution in [2.24, 2.45) is 11.3 Å². The van der Waals surface area contributed by atoms with Gasteiger partial charge in [-0.2, -0.15) is 0 Å². The van der Waals surface area contributed by atoms with Gasteiger partial charge in [-0.25, -0.2) is 0 Å². The Morgan fingerprint density at radius 3 is 2.12 bits per heavy atom. The predicted octanol–water partition coefficient (Wildman–Crippen LogP) is 2.68. The van der Waals surface area contributed by atoms with Gasteiger partial charge in [-0.15, -0.1) is 0 Å². The largest absolute Gasteiger partial charge is 0.379 e. The first-order valence-corrected chi connectivity index (χ1v) is 6.03. The number of ketones is 1. The second kappa shape index (κ2) is 7.80. The van der Waals surface area contributed by atoms with E-state index in [-0.39, 0.29) is 17.8 Å². The third kappa shape index (κ3) is 8.86. The molecule has 3 nitrogen and oxygen atoms in total. The molecule has 0 aromatic rings. The molecule has 0 saturated heterocycles. The molecule has 0 N–H and O–H groups in total. The van der Waals surface area contributed by atoms with Gasteiger partial charge in [0.05, 0.1) is 13.2 Å². The Balaban J connectivity index is 3.31. The number of ether oxygens (including phenoxy) is 2. The molecule has 0 aliphatic rings. The van der Waals surface area contributed by atoms with Crippen molar-refractivity contribution in [3.05, 3.63) is 0 Å². The van der Waals surface area contributed by atoms with Gasteiger partial charge in [0.2, 0.25) is 0 Å². The average molecular weight is 230 g/mol. The fourth-order valence-corrected chi connectivity index (χ4v) is 0.920. The van der Waals surface area contributed by atoms with Crippen LogP contribution in [0.3, 0.4) is 0 Å². The first-order valence-electron chi connectivity index (χ1n) is 6.03. The predicted molar refractivity (Wildman–Crippen MR) is 65.6 cm³/mol. The van der Waals surface area contributed by atoms with E-state index in [0.717, 1.165) is 13.0 Å². The van der Waals surface area contributed by atoms with Crippen LogP contribution >= 0.6 is 0 Å². The standard InChI is InChI=1S/C13H26O3/c1-11(2)6-7-15-8-9-16-10-12(14)13(3,4)5/h11H,6-10H2,1-5H3. The fourth-order valence-electron chi connectivity index (χ4n) is 0.920. The van der Waals surface area contributed by atoms with Crippen LogP contribution in [0.5, 0.6) is 0 Å². The summed E-state index contributed by atoms with van der Waals surface area (Å²) in [4.78, 5) is 11.5. The summed E-state index contributed by atoms with van der Waals surface area (Å²) in [6.45, 7) is 12.1. The minimum absolute atomic E-state index is 0.134. The Hall–Kier alpha value is -0.410. The molecule has 0 spiro atoms. The lowest BCUT2D eigenvalue weighted by Crippen LogP contribution is -2.25. The third-order valence-corrected chi connectivity index (χ3v) is 2.28. The minimum Gasteiger partial charge on any atom is -0.379 e. The Morgan fingerprint density at radius 1 is 1.06 bits per heavy atom. The molecule has 16 heavy (non-hydrogen) atoms. The Bertz CT molecular complexity index is 192. The topological polar surface area (TPSA) is 35.5 Å². The molecule has 0 heterocycles. The van der Waals surface area contributed by atoms with Crippen LogP contribution < -0.4 is 0 Å². The fraction of sp³-hybridized carbons (Fsp3) is 0.923. The molecule has 0 saturated carbocycles. The number of hydrogen-bond acceptors (Lipinski definition) is 3. The number of carbonyl (C=O) groups excluding carboxylic acids is 1. The minimum atomic E-state index is -0.307. The number of carbonyl (C=O) groups is 1. The van der Waals surface area contributed by atoms with Gasteiger partial charge in [-0.05, 0) is 12.3 Å². The van der Waals surface area contributed by atoms with Crippen molar-refractivity contribution in [3.63, 3.8) is 0 Å².